The zero-order chi connectivity index (χ0) is 14.6. The van der Waals surface area contributed by atoms with Gasteiger partial charge in [0.1, 0.15) is 17.5 Å². The quantitative estimate of drug-likeness (QED) is 0.464. The van der Waals surface area contributed by atoms with Crippen LogP contribution in [0.5, 0.6) is 11.5 Å². The molecule has 102 valence electrons. The highest BCUT2D eigenvalue weighted by Gasteiger charge is 2.24. The molecule has 1 aromatic carbocycles. The Balaban J connectivity index is 2.90. The van der Waals surface area contributed by atoms with Crippen molar-refractivity contribution in [1.29, 1.82) is 0 Å². The molecule has 0 saturated heterocycles. The van der Waals surface area contributed by atoms with Crippen molar-refractivity contribution in [3.8, 4) is 11.5 Å². The van der Waals surface area contributed by atoms with Crippen LogP contribution >= 0.6 is 0 Å². The van der Waals surface area contributed by atoms with E-state index in [0.717, 1.165) is 18.2 Å². The number of hydrogen-bond acceptors (Lipinski definition) is 5. The van der Waals surface area contributed by atoms with Gasteiger partial charge in [-0.2, -0.15) is 0 Å². The zero-order valence-electron chi connectivity index (χ0n) is 9.53. The molecule has 0 aromatic heterocycles. The van der Waals surface area contributed by atoms with Crippen LogP contribution in [-0.4, -0.2) is 44.3 Å². The van der Waals surface area contributed by atoms with Gasteiger partial charge in [-0.05, 0) is 18.2 Å². The Hall–Kier alpha value is -2.77. The van der Waals surface area contributed by atoms with Gasteiger partial charge >= 0.3 is 11.9 Å². The van der Waals surface area contributed by atoms with Crippen LogP contribution in [0.15, 0.2) is 18.2 Å². The number of carboxylic acid groups (broad SMARTS) is 2. The maximum atomic E-state index is 11.7. The monoisotopic (exact) mass is 269 g/mol. The first kappa shape index (κ1) is 14.3. The van der Waals surface area contributed by atoms with Crippen molar-refractivity contribution in [2.75, 3.05) is 0 Å². The highest BCUT2D eigenvalue weighted by atomic mass is 16.4. The van der Waals surface area contributed by atoms with Crippen molar-refractivity contribution in [2.24, 2.45) is 0 Å². The minimum Gasteiger partial charge on any atom is -0.508 e. The molecule has 0 unspecified atom stereocenters. The Labute approximate surface area is 106 Å². The number of phenolic OH excluding ortho intramolecular Hbond substituents is 2. The number of carbonyl (C=O) groups excluding carboxylic acids is 1. The molecule has 0 aliphatic rings. The van der Waals surface area contributed by atoms with Gasteiger partial charge in [0.25, 0.3) is 5.91 Å². The predicted molar refractivity (Wildman–Crippen MR) is 60.9 cm³/mol. The average molecular weight is 269 g/mol. The predicted octanol–water partition coefficient (Wildman–Crippen LogP) is -0.245. The van der Waals surface area contributed by atoms with Crippen LogP contribution < -0.4 is 5.32 Å². The van der Waals surface area contributed by atoms with Crippen LogP contribution in [-0.2, 0) is 9.59 Å². The Bertz CT molecular complexity index is 526. The minimum atomic E-state index is -1.63. The molecule has 0 aliphatic heterocycles. The molecule has 5 N–H and O–H groups in total. The van der Waals surface area contributed by atoms with Crippen molar-refractivity contribution in [3.05, 3.63) is 23.8 Å². The van der Waals surface area contributed by atoms with E-state index in [1.165, 1.54) is 0 Å². The van der Waals surface area contributed by atoms with Crippen LogP contribution in [0.2, 0.25) is 0 Å². The maximum absolute atomic E-state index is 11.7. The molecule has 8 nitrogen and oxygen atoms in total. The van der Waals surface area contributed by atoms with Gasteiger partial charge in [0.05, 0.1) is 12.0 Å². The molecule has 1 amide bonds. The first-order valence-corrected chi connectivity index (χ1v) is 5.08. The molecule has 1 rings (SSSR count). The number of carboxylic acids is 2. The molecule has 0 saturated carbocycles. The molecule has 1 aromatic rings. The number of benzene rings is 1. The SMILES string of the molecule is O=C(O)C[C@@H](NC(=O)c1cc(O)ccc1O)C(=O)O. The molecular formula is C11H11NO7. The number of phenols is 2. The Kier molecular flexibility index (Phi) is 4.30. The van der Waals surface area contributed by atoms with Gasteiger partial charge in [0.15, 0.2) is 0 Å². The Morgan fingerprint density at radius 1 is 1.16 bits per heavy atom. The summed E-state index contributed by atoms with van der Waals surface area (Å²) in [5, 5.41) is 37.8. The number of hydrogen-bond donors (Lipinski definition) is 5. The fraction of sp³-hybridized carbons (Fsp3) is 0.182. The van der Waals surface area contributed by atoms with Crippen LogP contribution in [0.3, 0.4) is 0 Å². The summed E-state index contributed by atoms with van der Waals surface area (Å²) < 4.78 is 0. The van der Waals surface area contributed by atoms with Gasteiger partial charge in [0.2, 0.25) is 0 Å². The van der Waals surface area contributed by atoms with Gasteiger partial charge in [0, 0.05) is 0 Å². The summed E-state index contributed by atoms with van der Waals surface area (Å²) in [5.74, 6) is -4.67. The fourth-order valence-electron chi connectivity index (χ4n) is 1.32. The van der Waals surface area contributed by atoms with Crippen LogP contribution in [0.25, 0.3) is 0 Å². The number of rotatable bonds is 5. The molecule has 0 bridgehead atoms. The van der Waals surface area contributed by atoms with Crippen LogP contribution in [0.4, 0.5) is 0 Å². The topological polar surface area (TPSA) is 144 Å². The molecule has 1 atom stereocenters. The third-order valence-electron chi connectivity index (χ3n) is 2.21. The number of nitrogens with one attached hydrogen (secondary N) is 1. The van der Waals surface area contributed by atoms with E-state index in [2.05, 4.69) is 0 Å². The Morgan fingerprint density at radius 2 is 1.79 bits per heavy atom. The van der Waals surface area contributed by atoms with Gasteiger partial charge < -0.3 is 25.7 Å². The van der Waals surface area contributed by atoms with Crippen molar-refractivity contribution in [2.45, 2.75) is 12.5 Å². The largest absolute Gasteiger partial charge is 0.508 e. The van der Waals surface area contributed by atoms with Crippen molar-refractivity contribution < 1.29 is 34.8 Å². The second-order valence-corrected chi connectivity index (χ2v) is 3.66. The number of amides is 1. The molecular weight excluding hydrogens is 258 g/mol. The first-order chi connectivity index (χ1) is 8.81. The van der Waals surface area contributed by atoms with E-state index >= 15 is 0 Å². The molecule has 19 heavy (non-hydrogen) atoms. The second-order valence-electron chi connectivity index (χ2n) is 3.66. The van der Waals surface area contributed by atoms with Crippen LogP contribution in [0.1, 0.15) is 16.8 Å². The van der Waals surface area contributed by atoms with E-state index in [-0.39, 0.29) is 11.3 Å². The average Bonchev–Trinajstić information content (AvgIpc) is 2.30. The maximum Gasteiger partial charge on any atom is 0.326 e. The number of carbonyl (C=O) groups is 3. The summed E-state index contributed by atoms with van der Waals surface area (Å²) in [6.45, 7) is 0. The van der Waals surface area contributed by atoms with Gasteiger partial charge in [-0.3, -0.25) is 9.59 Å². The fourth-order valence-corrected chi connectivity index (χ4v) is 1.32. The van der Waals surface area contributed by atoms with E-state index in [0.29, 0.717) is 0 Å². The summed E-state index contributed by atoms with van der Waals surface area (Å²) >= 11 is 0. The molecule has 8 heteroatoms. The lowest BCUT2D eigenvalue weighted by atomic mass is 10.1. The first-order valence-electron chi connectivity index (χ1n) is 5.08. The standard InChI is InChI=1S/C11H11NO7/c13-5-1-2-8(14)6(3-5)10(17)12-7(11(18)19)4-9(15)16/h1-3,7,13-14H,4H2,(H,12,17)(H,15,16)(H,18,19)/t7-/m1/s1. The van der Waals surface area contributed by atoms with Gasteiger partial charge in [-0.25, -0.2) is 4.79 Å². The van der Waals surface area contributed by atoms with Gasteiger partial charge in [-0.1, -0.05) is 0 Å². The highest BCUT2D eigenvalue weighted by Crippen LogP contribution is 2.21. The van der Waals surface area contributed by atoms with E-state index in [1.807, 2.05) is 5.32 Å². The third-order valence-corrected chi connectivity index (χ3v) is 2.21. The molecule has 0 fully saturated rings. The lowest BCUT2D eigenvalue weighted by Crippen LogP contribution is -2.42. The minimum absolute atomic E-state index is 0.298. The van der Waals surface area contributed by atoms with Gasteiger partial charge in [-0.15, -0.1) is 0 Å². The van der Waals surface area contributed by atoms with Crippen LogP contribution in [0, 0.1) is 0 Å². The normalized spacial score (nSPS) is 11.6. The van der Waals surface area contributed by atoms with E-state index in [1.54, 1.807) is 0 Å². The summed E-state index contributed by atoms with van der Waals surface area (Å²) in [4.78, 5) is 32.9. The zero-order valence-corrected chi connectivity index (χ0v) is 9.53. The van der Waals surface area contributed by atoms with Crippen molar-refractivity contribution in [1.82, 2.24) is 5.32 Å². The summed E-state index contributed by atoms with van der Waals surface area (Å²) in [6.07, 6.45) is -0.805. The molecule has 0 radical (unpaired) electrons. The molecule has 0 spiro atoms. The Morgan fingerprint density at radius 3 is 2.32 bits per heavy atom. The molecule has 0 heterocycles. The number of aliphatic carboxylic acids is 2. The molecule has 0 aliphatic carbocycles. The highest BCUT2D eigenvalue weighted by molar-refractivity contribution is 5.99. The summed E-state index contributed by atoms with van der Waals surface area (Å²) in [7, 11) is 0. The van der Waals surface area contributed by atoms with E-state index < -0.39 is 36.1 Å². The smallest absolute Gasteiger partial charge is 0.326 e. The third kappa shape index (κ3) is 3.87. The van der Waals surface area contributed by atoms with E-state index in [9.17, 15) is 24.6 Å². The lowest BCUT2D eigenvalue weighted by Gasteiger charge is -2.13. The summed E-state index contributed by atoms with van der Waals surface area (Å²) in [6, 6.07) is 1.49. The van der Waals surface area contributed by atoms with Crippen molar-refractivity contribution >= 4 is 17.8 Å². The second kappa shape index (κ2) is 5.71. The number of aromatic hydroxyl groups is 2. The van der Waals surface area contributed by atoms with Crippen molar-refractivity contribution in [3.63, 3.8) is 0 Å². The lowest BCUT2D eigenvalue weighted by molar-refractivity contribution is -0.145. The van der Waals surface area contributed by atoms with E-state index in [4.69, 9.17) is 10.2 Å². The summed E-state index contributed by atoms with van der Waals surface area (Å²) in [5.41, 5.74) is -0.350.